The monoisotopic (exact) mass is 493 g/mol. The summed E-state index contributed by atoms with van der Waals surface area (Å²) < 4.78 is 21.6. The van der Waals surface area contributed by atoms with E-state index in [4.69, 9.17) is 4.74 Å². The van der Waals surface area contributed by atoms with Gasteiger partial charge in [0.05, 0.1) is 12.6 Å². The number of unbranched alkanes of at least 4 members (excludes halogenated alkanes) is 1. The van der Waals surface area contributed by atoms with Crippen molar-refractivity contribution in [3.05, 3.63) is 53.3 Å². The van der Waals surface area contributed by atoms with E-state index < -0.39 is 12.1 Å². The molecule has 1 aliphatic carbocycles. The number of halogens is 1. The third-order valence-corrected chi connectivity index (χ3v) is 8.68. The molecule has 0 radical (unpaired) electrons. The third-order valence-electron chi connectivity index (χ3n) is 8.68. The van der Waals surface area contributed by atoms with Gasteiger partial charge in [0.15, 0.2) is 0 Å². The molecule has 194 valence electrons. The molecule has 2 aromatic carbocycles. The van der Waals surface area contributed by atoms with Crippen LogP contribution in [-0.4, -0.2) is 48.2 Å². The van der Waals surface area contributed by atoms with Crippen molar-refractivity contribution >= 4 is 6.09 Å². The minimum Gasteiger partial charge on any atom is -0.530 e. The van der Waals surface area contributed by atoms with Gasteiger partial charge in [0, 0.05) is 18.2 Å². The molecule has 0 aromatic heterocycles. The number of rotatable bonds is 7. The summed E-state index contributed by atoms with van der Waals surface area (Å²) in [5, 5.41) is 12.7. The third kappa shape index (κ3) is 4.72. The van der Waals surface area contributed by atoms with Crippen LogP contribution in [0.2, 0.25) is 0 Å². The van der Waals surface area contributed by atoms with Crippen molar-refractivity contribution in [1.29, 1.82) is 0 Å². The number of hydrogen-bond donors (Lipinski definition) is 0. The average Bonchev–Trinajstić information content (AvgIpc) is 2.86. The van der Waals surface area contributed by atoms with Crippen molar-refractivity contribution in [3.8, 4) is 16.9 Å². The van der Waals surface area contributed by atoms with Gasteiger partial charge >= 0.3 is 0 Å². The van der Waals surface area contributed by atoms with Crippen LogP contribution >= 0.6 is 0 Å². The van der Waals surface area contributed by atoms with Crippen molar-refractivity contribution in [2.75, 3.05) is 26.2 Å². The molecule has 0 N–H and O–H groups in total. The predicted molar refractivity (Wildman–Crippen MR) is 137 cm³/mol. The number of ether oxygens (including phenoxy) is 1. The minimum atomic E-state index is -1.14. The first-order valence-electron chi connectivity index (χ1n) is 13.6. The van der Waals surface area contributed by atoms with Gasteiger partial charge in [0.25, 0.3) is 0 Å². The first-order valence-corrected chi connectivity index (χ1v) is 13.6. The topological polar surface area (TPSA) is 55.8 Å². The summed E-state index contributed by atoms with van der Waals surface area (Å²) in [6.45, 7) is 9.79. The molecule has 5 nitrogen and oxygen atoms in total. The van der Waals surface area contributed by atoms with Gasteiger partial charge in [0.2, 0.25) is 0 Å². The maximum absolute atomic E-state index is 15.8. The van der Waals surface area contributed by atoms with Crippen LogP contribution in [-0.2, 0) is 6.42 Å². The summed E-state index contributed by atoms with van der Waals surface area (Å²) >= 11 is 0. The van der Waals surface area contributed by atoms with E-state index in [-0.39, 0.29) is 17.3 Å². The second kappa shape index (κ2) is 10.0. The van der Waals surface area contributed by atoms with E-state index in [9.17, 15) is 9.90 Å². The second-order valence-corrected chi connectivity index (χ2v) is 11.5. The molecule has 0 unspecified atom stereocenters. The van der Waals surface area contributed by atoms with E-state index in [1.807, 2.05) is 30.3 Å². The standard InChI is InChI=1S/C30H39FN2O3/c1-4-5-15-36-23-8-6-7-21(16-23)24-17-22-9-12-30(2,3)28(25(22)18-26(24)31)33(29(34)35)27-19-32-13-10-20(27)11-14-32/h6-8,16-18,20,27-28H,4-5,9-15,19H2,1-3H3,(H,34,35)/p-1/t27-,28+/m1/s1. The summed E-state index contributed by atoms with van der Waals surface area (Å²) in [5.74, 6) is 0.755. The van der Waals surface area contributed by atoms with Gasteiger partial charge in [-0.15, -0.1) is 0 Å². The SMILES string of the molecule is CCCCOc1cccc(-c2cc3c(cc2F)[C@H](N(C(=O)[O-])[C@@H]2CN4CCC2CC4)C(C)(C)CC3)c1. The molecule has 1 amide bonds. The van der Waals surface area contributed by atoms with Gasteiger partial charge in [-0.1, -0.05) is 39.3 Å². The Bertz CT molecular complexity index is 1110. The second-order valence-electron chi connectivity index (χ2n) is 11.5. The number of piperidine rings is 3. The molecule has 2 aromatic rings. The predicted octanol–water partition coefficient (Wildman–Crippen LogP) is 5.42. The molecular weight excluding hydrogens is 455 g/mol. The Hall–Kier alpha value is -2.60. The Labute approximate surface area is 214 Å². The molecule has 3 heterocycles. The van der Waals surface area contributed by atoms with Crippen LogP contribution in [0.4, 0.5) is 9.18 Å². The lowest BCUT2D eigenvalue weighted by molar-refractivity contribution is -0.277. The van der Waals surface area contributed by atoms with E-state index in [1.54, 1.807) is 11.0 Å². The van der Waals surface area contributed by atoms with Crippen molar-refractivity contribution < 1.29 is 19.0 Å². The number of carbonyl (C=O) groups is 1. The highest BCUT2D eigenvalue weighted by Crippen LogP contribution is 2.50. The fourth-order valence-electron chi connectivity index (χ4n) is 6.64. The highest BCUT2D eigenvalue weighted by molar-refractivity contribution is 5.69. The van der Waals surface area contributed by atoms with Gasteiger partial charge < -0.3 is 24.4 Å². The molecule has 4 aliphatic rings. The Morgan fingerprint density at radius 3 is 2.67 bits per heavy atom. The van der Waals surface area contributed by atoms with E-state index in [0.717, 1.165) is 80.6 Å². The molecule has 36 heavy (non-hydrogen) atoms. The zero-order chi connectivity index (χ0) is 25.4. The van der Waals surface area contributed by atoms with Gasteiger partial charge in [0.1, 0.15) is 17.7 Å². The lowest BCUT2D eigenvalue weighted by Crippen LogP contribution is -2.63. The van der Waals surface area contributed by atoms with E-state index in [1.165, 1.54) is 0 Å². The fourth-order valence-corrected chi connectivity index (χ4v) is 6.64. The molecule has 6 rings (SSSR count). The number of carbonyl (C=O) groups excluding carboxylic acids is 1. The van der Waals surface area contributed by atoms with Gasteiger partial charge in [-0.3, -0.25) is 0 Å². The number of benzene rings is 2. The summed E-state index contributed by atoms with van der Waals surface area (Å²) in [7, 11) is 0. The first-order chi connectivity index (χ1) is 17.3. The van der Waals surface area contributed by atoms with Crippen LogP contribution in [0.25, 0.3) is 11.1 Å². The van der Waals surface area contributed by atoms with Crippen molar-refractivity contribution in [2.24, 2.45) is 11.3 Å². The smallest absolute Gasteiger partial charge is 0.137 e. The van der Waals surface area contributed by atoms with Crippen LogP contribution in [0, 0.1) is 17.2 Å². The maximum Gasteiger partial charge on any atom is 0.137 e. The molecule has 0 spiro atoms. The van der Waals surface area contributed by atoms with Crippen molar-refractivity contribution in [2.45, 2.75) is 71.4 Å². The normalized spacial score (nSPS) is 26.3. The lowest BCUT2D eigenvalue weighted by atomic mass is 9.68. The van der Waals surface area contributed by atoms with Crippen LogP contribution in [0.3, 0.4) is 0 Å². The van der Waals surface area contributed by atoms with Crippen LogP contribution in [0.1, 0.15) is 70.0 Å². The molecule has 6 heteroatoms. The largest absolute Gasteiger partial charge is 0.530 e. The lowest BCUT2D eigenvalue weighted by Gasteiger charge is -2.56. The number of fused-ring (bicyclic) bond motifs is 4. The number of hydrogen-bond acceptors (Lipinski definition) is 4. The quantitative estimate of drug-likeness (QED) is 0.483. The number of aryl methyl sites for hydroxylation is 1. The average molecular weight is 494 g/mol. The highest BCUT2D eigenvalue weighted by Gasteiger charge is 2.46. The molecule has 3 fully saturated rings. The molecule has 3 saturated heterocycles. The van der Waals surface area contributed by atoms with Gasteiger partial charge in [-0.05, 0) is 97.5 Å². The summed E-state index contributed by atoms with van der Waals surface area (Å²) in [6, 6.07) is 10.6. The Kier molecular flexibility index (Phi) is 6.99. The number of amides is 1. The van der Waals surface area contributed by atoms with Crippen LogP contribution in [0.15, 0.2) is 36.4 Å². The maximum atomic E-state index is 15.8. The Balaban J connectivity index is 1.51. The van der Waals surface area contributed by atoms with E-state index in [0.29, 0.717) is 18.1 Å². The fraction of sp³-hybridized carbons (Fsp3) is 0.567. The molecule has 3 aliphatic heterocycles. The summed E-state index contributed by atoms with van der Waals surface area (Å²) in [5.41, 5.74) is 2.82. The minimum absolute atomic E-state index is 0.104. The zero-order valence-electron chi connectivity index (χ0n) is 21.8. The summed E-state index contributed by atoms with van der Waals surface area (Å²) in [6.07, 6.45) is 4.54. The first kappa shape index (κ1) is 25.1. The molecule has 0 saturated carbocycles. The van der Waals surface area contributed by atoms with Gasteiger partial charge in [-0.2, -0.15) is 0 Å². The summed E-state index contributed by atoms with van der Waals surface area (Å²) in [4.78, 5) is 16.6. The van der Waals surface area contributed by atoms with E-state index >= 15 is 4.39 Å². The van der Waals surface area contributed by atoms with Crippen LogP contribution < -0.4 is 9.84 Å². The molecule has 2 bridgehead atoms. The number of nitrogens with zero attached hydrogens (tertiary/aromatic N) is 2. The zero-order valence-corrected chi connectivity index (χ0v) is 21.8. The van der Waals surface area contributed by atoms with Crippen molar-refractivity contribution in [1.82, 2.24) is 9.80 Å². The Morgan fingerprint density at radius 2 is 2.00 bits per heavy atom. The molecular formula is C30H38FN2O3-. The van der Waals surface area contributed by atoms with E-state index in [2.05, 4.69) is 25.7 Å². The number of carboxylic acid groups (broad SMARTS) is 1. The van der Waals surface area contributed by atoms with Crippen molar-refractivity contribution in [3.63, 3.8) is 0 Å². The van der Waals surface area contributed by atoms with Crippen LogP contribution in [0.5, 0.6) is 5.75 Å². The highest BCUT2D eigenvalue weighted by atomic mass is 19.1. The Morgan fingerprint density at radius 1 is 1.22 bits per heavy atom. The van der Waals surface area contributed by atoms with Gasteiger partial charge in [-0.25, -0.2) is 4.39 Å². The molecule has 2 atom stereocenters.